The summed E-state index contributed by atoms with van der Waals surface area (Å²) in [5.74, 6) is 0.929. The van der Waals surface area contributed by atoms with E-state index in [4.69, 9.17) is 14.2 Å². The van der Waals surface area contributed by atoms with Crippen LogP contribution in [0.15, 0.2) is 12.4 Å². The molecule has 0 N–H and O–H groups in total. The number of hydrogen-bond acceptors (Lipinski definition) is 6. The molecule has 0 unspecified atom stereocenters. The van der Waals surface area contributed by atoms with Crippen molar-refractivity contribution in [2.75, 3.05) is 19.8 Å². The molecule has 1 saturated heterocycles. The smallest absolute Gasteiger partial charge is 0.410 e. The van der Waals surface area contributed by atoms with E-state index in [-0.39, 0.29) is 12.1 Å². The van der Waals surface area contributed by atoms with Crippen LogP contribution in [0.5, 0.6) is 11.8 Å². The molecular formula is C17H27N3O4. The van der Waals surface area contributed by atoms with E-state index in [0.29, 0.717) is 31.5 Å². The highest BCUT2D eigenvalue weighted by molar-refractivity contribution is 5.68. The van der Waals surface area contributed by atoms with E-state index >= 15 is 0 Å². The maximum atomic E-state index is 12.4. The normalized spacial score (nSPS) is 18.2. The van der Waals surface area contributed by atoms with Gasteiger partial charge in [-0.15, -0.1) is 0 Å². The molecule has 1 aromatic rings. The Balaban J connectivity index is 1.96. The van der Waals surface area contributed by atoms with Crippen molar-refractivity contribution in [1.29, 1.82) is 0 Å². The molecule has 0 bridgehead atoms. The van der Waals surface area contributed by atoms with Gasteiger partial charge in [0, 0.05) is 6.54 Å². The predicted octanol–water partition coefficient (Wildman–Crippen LogP) is 3.04. The van der Waals surface area contributed by atoms with Crippen molar-refractivity contribution >= 4 is 6.09 Å². The summed E-state index contributed by atoms with van der Waals surface area (Å²) in [5.41, 5.74) is -0.501. The van der Waals surface area contributed by atoms with Crippen molar-refractivity contribution in [3.8, 4) is 11.8 Å². The summed E-state index contributed by atoms with van der Waals surface area (Å²) in [6.45, 7) is 9.11. The summed E-state index contributed by atoms with van der Waals surface area (Å²) in [5, 5.41) is 0. The molecule has 0 aromatic carbocycles. The molecule has 1 fully saturated rings. The van der Waals surface area contributed by atoms with Crippen LogP contribution < -0.4 is 9.47 Å². The van der Waals surface area contributed by atoms with Crippen molar-refractivity contribution in [2.45, 2.75) is 58.6 Å². The van der Waals surface area contributed by atoms with Gasteiger partial charge in [-0.3, -0.25) is 0 Å². The van der Waals surface area contributed by atoms with Crippen LogP contribution in [-0.2, 0) is 4.74 Å². The lowest BCUT2D eigenvalue weighted by molar-refractivity contribution is 0.00331. The lowest BCUT2D eigenvalue weighted by atomic mass is 10.0. The quantitative estimate of drug-likeness (QED) is 0.822. The highest BCUT2D eigenvalue weighted by Crippen LogP contribution is 2.22. The van der Waals surface area contributed by atoms with E-state index in [9.17, 15) is 4.79 Å². The molecule has 134 valence electrons. The summed E-state index contributed by atoms with van der Waals surface area (Å²) >= 11 is 0. The zero-order valence-corrected chi connectivity index (χ0v) is 14.9. The van der Waals surface area contributed by atoms with Crippen LogP contribution >= 0.6 is 0 Å². The first kappa shape index (κ1) is 18.3. The van der Waals surface area contributed by atoms with Crippen LogP contribution in [-0.4, -0.2) is 52.4 Å². The van der Waals surface area contributed by atoms with Gasteiger partial charge in [-0.2, -0.15) is 0 Å². The molecule has 0 aliphatic carbocycles. The van der Waals surface area contributed by atoms with Gasteiger partial charge in [-0.1, -0.05) is 0 Å². The molecule has 1 aliphatic heterocycles. The molecule has 1 atom stereocenters. The molecule has 2 rings (SSSR count). The van der Waals surface area contributed by atoms with E-state index in [1.807, 2.05) is 27.7 Å². The van der Waals surface area contributed by atoms with Crippen molar-refractivity contribution in [2.24, 2.45) is 0 Å². The Kier molecular flexibility index (Phi) is 6.23. The van der Waals surface area contributed by atoms with Crippen molar-refractivity contribution in [3.05, 3.63) is 12.4 Å². The van der Waals surface area contributed by atoms with Crippen LogP contribution in [0, 0.1) is 0 Å². The first-order valence-electron chi connectivity index (χ1n) is 8.46. The SMILES string of the molecule is CCOc1cc(OC[C@H]2CCCCN2C(=O)OC(C)(C)C)ncn1. The molecule has 0 spiro atoms. The number of carbonyl (C=O) groups excluding carboxylic acids is 1. The Morgan fingerprint density at radius 1 is 1.25 bits per heavy atom. The third kappa shape index (κ3) is 5.54. The molecular weight excluding hydrogens is 310 g/mol. The van der Waals surface area contributed by atoms with Gasteiger partial charge in [0.05, 0.1) is 18.7 Å². The summed E-state index contributed by atoms with van der Waals surface area (Å²) in [6.07, 6.45) is 4.07. The third-order valence-corrected chi connectivity index (χ3v) is 3.59. The lowest BCUT2D eigenvalue weighted by Gasteiger charge is -2.36. The van der Waals surface area contributed by atoms with E-state index in [2.05, 4.69) is 9.97 Å². The second kappa shape index (κ2) is 8.17. The topological polar surface area (TPSA) is 73.8 Å². The number of hydrogen-bond donors (Lipinski definition) is 0. The van der Waals surface area contributed by atoms with Gasteiger partial charge in [0.2, 0.25) is 11.8 Å². The van der Waals surface area contributed by atoms with E-state index in [0.717, 1.165) is 19.3 Å². The summed E-state index contributed by atoms with van der Waals surface area (Å²) in [7, 11) is 0. The number of rotatable bonds is 5. The van der Waals surface area contributed by atoms with Gasteiger partial charge in [0.15, 0.2) is 0 Å². The fourth-order valence-corrected chi connectivity index (χ4v) is 2.54. The second-order valence-corrected chi connectivity index (χ2v) is 6.76. The minimum Gasteiger partial charge on any atom is -0.478 e. The maximum Gasteiger partial charge on any atom is 0.410 e. The molecule has 7 nitrogen and oxygen atoms in total. The maximum absolute atomic E-state index is 12.4. The minimum atomic E-state index is -0.501. The zero-order valence-electron chi connectivity index (χ0n) is 14.9. The average Bonchev–Trinajstić information content (AvgIpc) is 2.52. The first-order valence-corrected chi connectivity index (χ1v) is 8.46. The Morgan fingerprint density at radius 3 is 2.62 bits per heavy atom. The van der Waals surface area contributed by atoms with E-state index < -0.39 is 5.60 Å². The van der Waals surface area contributed by atoms with E-state index in [1.165, 1.54) is 6.33 Å². The Bertz CT molecular complexity index is 545. The van der Waals surface area contributed by atoms with Crippen molar-refractivity contribution in [3.63, 3.8) is 0 Å². The van der Waals surface area contributed by atoms with Crippen LogP contribution in [0.1, 0.15) is 47.0 Å². The Labute approximate surface area is 143 Å². The van der Waals surface area contributed by atoms with Crippen LogP contribution in [0.25, 0.3) is 0 Å². The van der Waals surface area contributed by atoms with Crippen LogP contribution in [0.3, 0.4) is 0 Å². The van der Waals surface area contributed by atoms with Gasteiger partial charge < -0.3 is 19.1 Å². The van der Waals surface area contributed by atoms with Crippen LogP contribution in [0.2, 0.25) is 0 Å². The summed E-state index contributed by atoms with van der Waals surface area (Å²) in [6, 6.07) is 1.64. The summed E-state index contributed by atoms with van der Waals surface area (Å²) in [4.78, 5) is 22.2. The van der Waals surface area contributed by atoms with Crippen molar-refractivity contribution < 1.29 is 19.0 Å². The number of aromatic nitrogens is 2. The van der Waals surface area contributed by atoms with Gasteiger partial charge in [0.25, 0.3) is 0 Å². The molecule has 7 heteroatoms. The largest absolute Gasteiger partial charge is 0.478 e. The summed E-state index contributed by atoms with van der Waals surface area (Å²) < 4.78 is 16.6. The minimum absolute atomic E-state index is 0.0147. The van der Waals surface area contributed by atoms with Crippen LogP contribution in [0.4, 0.5) is 4.79 Å². The number of likely N-dealkylation sites (tertiary alicyclic amines) is 1. The first-order chi connectivity index (χ1) is 11.4. The number of piperidine rings is 1. The molecule has 2 heterocycles. The van der Waals surface area contributed by atoms with Gasteiger partial charge in [0.1, 0.15) is 18.5 Å². The third-order valence-electron chi connectivity index (χ3n) is 3.59. The fraction of sp³-hybridized carbons (Fsp3) is 0.706. The molecule has 1 aliphatic rings. The fourth-order valence-electron chi connectivity index (χ4n) is 2.54. The number of ether oxygens (including phenoxy) is 3. The number of nitrogens with zero attached hydrogens (tertiary/aromatic N) is 3. The van der Waals surface area contributed by atoms with Gasteiger partial charge >= 0.3 is 6.09 Å². The predicted molar refractivity (Wildman–Crippen MR) is 89.3 cm³/mol. The molecule has 0 saturated carbocycles. The highest BCUT2D eigenvalue weighted by Gasteiger charge is 2.31. The average molecular weight is 337 g/mol. The highest BCUT2D eigenvalue weighted by atomic mass is 16.6. The lowest BCUT2D eigenvalue weighted by Crippen LogP contribution is -2.48. The number of amides is 1. The van der Waals surface area contributed by atoms with Gasteiger partial charge in [-0.25, -0.2) is 14.8 Å². The Morgan fingerprint density at radius 2 is 1.96 bits per heavy atom. The van der Waals surface area contributed by atoms with Crippen molar-refractivity contribution in [1.82, 2.24) is 14.9 Å². The second-order valence-electron chi connectivity index (χ2n) is 6.76. The molecule has 0 radical (unpaired) electrons. The molecule has 24 heavy (non-hydrogen) atoms. The standard InChI is InChI=1S/C17H27N3O4/c1-5-22-14-10-15(19-12-18-14)23-11-13-8-6-7-9-20(13)16(21)24-17(2,3)4/h10,12-13H,5-9,11H2,1-4H3/t13-/m1/s1. The molecule has 1 amide bonds. The number of carbonyl (C=O) groups is 1. The Hall–Kier alpha value is -2.05. The zero-order chi connectivity index (χ0) is 17.6. The van der Waals surface area contributed by atoms with E-state index in [1.54, 1.807) is 11.0 Å². The molecule has 1 aromatic heterocycles. The van der Waals surface area contributed by atoms with Gasteiger partial charge in [-0.05, 0) is 47.0 Å². The monoisotopic (exact) mass is 337 g/mol.